The van der Waals surface area contributed by atoms with E-state index in [9.17, 15) is 9.59 Å². The van der Waals surface area contributed by atoms with E-state index < -0.39 is 0 Å². The fourth-order valence-electron chi connectivity index (χ4n) is 2.20. The number of nitrogens with one attached hydrogen (secondary N) is 1. The van der Waals surface area contributed by atoms with Gasteiger partial charge >= 0.3 is 0 Å². The highest BCUT2D eigenvalue weighted by atomic mass is 35.5. The lowest BCUT2D eigenvalue weighted by molar-refractivity contribution is -0.121. The molecule has 3 aromatic rings. The Kier molecular flexibility index (Phi) is 4.73. The number of nitrogens with zero attached hydrogens (tertiary/aromatic N) is 2. The molecule has 7 heteroatoms. The first-order valence-corrected chi connectivity index (χ1v) is 8.35. The van der Waals surface area contributed by atoms with Crippen LogP contribution in [0.3, 0.4) is 0 Å². The average Bonchev–Trinajstić information content (AvgIpc) is 3.19. The third-order valence-electron chi connectivity index (χ3n) is 3.38. The molecule has 0 radical (unpaired) electrons. The zero-order valence-electron chi connectivity index (χ0n) is 12.2. The summed E-state index contributed by atoms with van der Waals surface area (Å²) >= 11 is 7.54. The zero-order valence-corrected chi connectivity index (χ0v) is 13.7. The van der Waals surface area contributed by atoms with Crippen LogP contribution in [0, 0.1) is 0 Å². The van der Waals surface area contributed by atoms with E-state index in [-0.39, 0.29) is 24.7 Å². The largest absolute Gasteiger partial charge is 0.351 e. The molecule has 0 aliphatic carbocycles. The van der Waals surface area contributed by atoms with Crippen molar-refractivity contribution < 1.29 is 9.59 Å². The third kappa shape index (κ3) is 3.78. The van der Waals surface area contributed by atoms with E-state index in [0.29, 0.717) is 17.1 Å². The molecule has 0 unspecified atom stereocenters. The van der Waals surface area contributed by atoms with Crippen molar-refractivity contribution in [1.82, 2.24) is 15.1 Å². The van der Waals surface area contributed by atoms with Gasteiger partial charge < -0.3 is 5.32 Å². The quantitative estimate of drug-likeness (QED) is 0.768. The zero-order chi connectivity index (χ0) is 16.2. The summed E-state index contributed by atoms with van der Waals surface area (Å²) in [6, 6.07) is 9.14. The van der Waals surface area contributed by atoms with Gasteiger partial charge in [-0.3, -0.25) is 9.59 Å². The Bertz CT molecular complexity index is 842. The lowest BCUT2D eigenvalue weighted by Gasteiger charge is -2.04. The van der Waals surface area contributed by atoms with Crippen LogP contribution in [-0.2, 0) is 11.3 Å². The van der Waals surface area contributed by atoms with E-state index in [1.165, 1.54) is 4.68 Å². The maximum absolute atomic E-state index is 12.2. The molecule has 0 aliphatic heterocycles. The Balaban J connectivity index is 1.58. The van der Waals surface area contributed by atoms with Crippen LogP contribution in [0.2, 0.25) is 5.02 Å². The summed E-state index contributed by atoms with van der Waals surface area (Å²) < 4.78 is 1.30. The Morgan fingerprint density at radius 1 is 1.26 bits per heavy atom. The minimum atomic E-state index is -0.228. The van der Waals surface area contributed by atoms with Crippen molar-refractivity contribution in [1.29, 1.82) is 0 Å². The number of amides is 1. The van der Waals surface area contributed by atoms with Crippen LogP contribution in [0.4, 0.5) is 0 Å². The number of carbonyl (C=O) groups is 2. The van der Waals surface area contributed by atoms with Gasteiger partial charge in [-0.15, -0.1) is 11.3 Å². The van der Waals surface area contributed by atoms with Crippen LogP contribution in [0.15, 0.2) is 41.9 Å². The minimum Gasteiger partial charge on any atom is -0.351 e. The summed E-state index contributed by atoms with van der Waals surface area (Å²) in [6.07, 6.45) is 1.84. The average molecular weight is 348 g/mol. The molecule has 0 saturated heterocycles. The van der Waals surface area contributed by atoms with Gasteiger partial charge in [0.25, 0.3) is 0 Å². The molecule has 0 aliphatic rings. The molecule has 3 rings (SSSR count). The molecule has 1 N–H and O–H groups in total. The van der Waals surface area contributed by atoms with Crippen molar-refractivity contribution >= 4 is 45.7 Å². The van der Waals surface area contributed by atoms with Gasteiger partial charge in [0.05, 0.1) is 18.3 Å². The standard InChI is InChI=1S/C16H14ClN3O2S/c17-12-4-3-11-9-19-20(14(11)8-12)16(22)6-5-15(21)18-10-13-2-1-7-23-13/h1-4,7-9H,5-6,10H2,(H,18,21). The molecule has 0 saturated carbocycles. The number of fused-ring (bicyclic) bond motifs is 1. The molecule has 0 bridgehead atoms. The van der Waals surface area contributed by atoms with E-state index in [1.807, 2.05) is 23.6 Å². The van der Waals surface area contributed by atoms with Crippen molar-refractivity contribution in [3.05, 3.63) is 51.8 Å². The molecule has 0 atom stereocenters. The van der Waals surface area contributed by atoms with Crippen LogP contribution < -0.4 is 5.32 Å². The highest BCUT2D eigenvalue weighted by Gasteiger charge is 2.13. The summed E-state index contributed by atoms with van der Waals surface area (Å²) in [5.41, 5.74) is 0.654. The van der Waals surface area contributed by atoms with Crippen molar-refractivity contribution in [3.8, 4) is 0 Å². The molecule has 5 nitrogen and oxygen atoms in total. The Labute approximate surface area is 141 Å². The summed E-state index contributed by atoms with van der Waals surface area (Å²) in [4.78, 5) is 25.1. The second kappa shape index (κ2) is 6.93. The van der Waals surface area contributed by atoms with Gasteiger partial charge in [-0.2, -0.15) is 5.10 Å². The number of halogens is 1. The second-order valence-electron chi connectivity index (χ2n) is 5.01. The highest BCUT2D eigenvalue weighted by Crippen LogP contribution is 2.19. The van der Waals surface area contributed by atoms with Crippen LogP contribution in [0.5, 0.6) is 0 Å². The van der Waals surface area contributed by atoms with Gasteiger partial charge in [0.1, 0.15) is 0 Å². The Morgan fingerprint density at radius 3 is 2.91 bits per heavy atom. The Hall–Kier alpha value is -2.18. The fourth-order valence-corrected chi connectivity index (χ4v) is 3.01. The molecule has 1 aromatic carbocycles. The number of thiophene rings is 1. The van der Waals surface area contributed by atoms with Crippen molar-refractivity contribution in [2.75, 3.05) is 0 Å². The molecule has 2 heterocycles. The number of aromatic nitrogens is 2. The maximum atomic E-state index is 12.2. The summed E-state index contributed by atoms with van der Waals surface area (Å²) in [7, 11) is 0. The summed E-state index contributed by atoms with van der Waals surface area (Å²) in [5.74, 6) is -0.380. The molecule has 0 spiro atoms. The highest BCUT2D eigenvalue weighted by molar-refractivity contribution is 7.09. The molecule has 0 fully saturated rings. The first-order chi connectivity index (χ1) is 11.1. The first-order valence-electron chi connectivity index (χ1n) is 7.09. The van der Waals surface area contributed by atoms with E-state index in [0.717, 1.165) is 10.3 Å². The van der Waals surface area contributed by atoms with E-state index >= 15 is 0 Å². The smallest absolute Gasteiger partial charge is 0.247 e. The van der Waals surface area contributed by atoms with E-state index in [1.54, 1.807) is 29.7 Å². The molecule has 1 amide bonds. The predicted molar refractivity (Wildman–Crippen MR) is 90.8 cm³/mol. The SMILES string of the molecule is O=C(CCC(=O)n1ncc2ccc(Cl)cc21)NCc1cccs1. The van der Waals surface area contributed by atoms with Crippen molar-refractivity contribution in [2.45, 2.75) is 19.4 Å². The number of hydrogen-bond acceptors (Lipinski definition) is 4. The van der Waals surface area contributed by atoms with Gasteiger partial charge in [-0.1, -0.05) is 17.7 Å². The number of hydrogen-bond donors (Lipinski definition) is 1. The molecule has 2 aromatic heterocycles. The van der Waals surface area contributed by atoms with Crippen LogP contribution in [0.25, 0.3) is 10.9 Å². The lowest BCUT2D eigenvalue weighted by atomic mass is 10.2. The topological polar surface area (TPSA) is 64.0 Å². The van der Waals surface area contributed by atoms with Gasteiger partial charge in [0, 0.05) is 28.1 Å². The van der Waals surface area contributed by atoms with Crippen molar-refractivity contribution in [2.24, 2.45) is 0 Å². The van der Waals surface area contributed by atoms with Crippen LogP contribution in [-0.4, -0.2) is 21.6 Å². The number of carbonyl (C=O) groups excluding carboxylic acids is 2. The number of rotatable bonds is 5. The molecular formula is C16H14ClN3O2S. The monoisotopic (exact) mass is 347 g/mol. The fraction of sp³-hybridized carbons (Fsp3) is 0.188. The maximum Gasteiger partial charge on any atom is 0.247 e. The van der Waals surface area contributed by atoms with Gasteiger partial charge in [0.2, 0.25) is 11.8 Å². The van der Waals surface area contributed by atoms with Crippen LogP contribution >= 0.6 is 22.9 Å². The van der Waals surface area contributed by atoms with Gasteiger partial charge in [-0.05, 0) is 29.6 Å². The van der Waals surface area contributed by atoms with Gasteiger partial charge in [-0.25, -0.2) is 4.68 Å². The predicted octanol–water partition coefficient (Wildman–Crippen LogP) is 3.49. The van der Waals surface area contributed by atoms with Crippen molar-refractivity contribution in [3.63, 3.8) is 0 Å². The lowest BCUT2D eigenvalue weighted by Crippen LogP contribution is -2.24. The normalized spacial score (nSPS) is 10.8. The first kappa shape index (κ1) is 15.7. The molecule has 118 valence electrons. The molecular weight excluding hydrogens is 334 g/mol. The minimum absolute atomic E-state index is 0.0968. The van der Waals surface area contributed by atoms with E-state index in [4.69, 9.17) is 11.6 Å². The third-order valence-corrected chi connectivity index (χ3v) is 4.49. The second-order valence-corrected chi connectivity index (χ2v) is 6.48. The Morgan fingerprint density at radius 2 is 2.13 bits per heavy atom. The molecule has 23 heavy (non-hydrogen) atoms. The van der Waals surface area contributed by atoms with E-state index in [2.05, 4.69) is 10.4 Å². The summed E-state index contributed by atoms with van der Waals surface area (Å²) in [6.45, 7) is 0.491. The van der Waals surface area contributed by atoms with Crippen LogP contribution in [0.1, 0.15) is 22.5 Å². The summed E-state index contributed by atoms with van der Waals surface area (Å²) in [5, 5.41) is 10.2. The number of benzene rings is 1. The van der Waals surface area contributed by atoms with Gasteiger partial charge in [0.15, 0.2) is 0 Å².